The van der Waals surface area contributed by atoms with Crippen LogP contribution in [-0.4, -0.2) is 137 Å². The average Bonchev–Trinajstić information content (AvgIpc) is 2.67. The van der Waals surface area contributed by atoms with Crippen LogP contribution >= 0.6 is 0 Å². The highest BCUT2D eigenvalue weighted by Crippen LogP contribution is 2.20. The second-order valence-corrected chi connectivity index (χ2v) is 8.88. The van der Waals surface area contributed by atoms with Gasteiger partial charge in [0.2, 0.25) is 0 Å². The summed E-state index contributed by atoms with van der Waals surface area (Å²) in [5.74, 6) is 0. The molecule has 0 aliphatic heterocycles. The van der Waals surface area contributed by atoms with Crippen molar-refractivity contribution < 1.29 is 39.6 Å². The Bertz CT molecular complexity index is 474. The van der Waals surface area contributed by atoms with Crippen LogP contribution in [-0.2, 0) is 0 Å². The van der Waals surface area contributed by atoms with Gasteiger partial charge in [-0.15, -0.1) is 0 Å². The molecule has 8 N–H and O–H groups in total. The largest absolute Gasteiger partial charge is 0.391 e. The maximum Gasteiger partial charge on any atom is 0.111 e. The maximum atomic E-state index is 9.67. The number of nitrogens with zero attached hydrogens (tertiary/aromatic N) is 2. The van der Waals surface area contributed by atoms with E-state index in [1.54, 1.807) is 0 Å². The van der Waals surface area contributed by atoms with E-state index in [1.807, 2.05) is 38.2 Å². The lowest BCUT2D eigenvalue weighted by atomic mass is 10.0. The predicted molar refractivity (Wildman–Crippen MR) is 122 cm³/mol. The Balaban J connectivity index is 5.72. The summed E-state index contributed by atoms with van der Waals surface area (Å²) < 4.78 is 0.727. The molecular weight excluding hydrogens is 402 g/mol. The average molecular weight is 450 g/mol. The van der Waals surface area contributed by atoms with Crippen LogP contribution in [0.2, 0.25) is 0 Å². The lowest BCUT2D eigenvalue weighted by molar-refractivity contribution is -0.945. The Hall–Kier alpha value is -0.880. The Morgan fingerprint density at radius 1 is 0.710 bits per heavy atom. The van der Waals surface area contributed by atoms with Gasteiger partial charge >= 0.3 is 0 Å². The molecule has 0 saturated carbocycles. The van der Waals surface area contributed by atoms with Crippen molar-refractivity contribution in [1.82, 2.24) is 0 Å². The van der Waals surface area contributed by atoms with Gasteiger partial charge in [0.15, 0.2) is 0 Å². The van der Waals surface area contributed by atoms with Gasteiger partial charge in [0.25, 0.3) is 0 Å². The molecule has 9 nitrogen and oxygen atoms in total. The molecule has 184 valence electrons. The van der Waals surface area contributed by atoms with Gasteiger partial charge in [-0.1, -0.05) is 12.2 Å². The normalized spacial score (nSPS) is 14.7. The molecule has 0 radical (unpaired) electrons. The zero-order valence-corrected chi connectivity index (χ0v) is 19.4. The van der Waals surface area contributed by atoms with Crippen molar-refractivity contribution in [2.24, 2.45) is 5.73 Å². The van der Waals surface area contributed by atoms with E-state index in [0.29, 0.717) is 61.2 Å². The molecule has 0 aromatic carbocycles. The van der Waals surface area contributed by atoms with Crippen molar-refractivity contribution in [3.8, 4) is 0 Å². The van der Waals surface area contributed by atoms with Crippen molar-refractivity contribution in [3.63, 3.8) is 0 Å². The fourth-order valence-corrected chi connectivity index (χ4v) is 4.05. The Kier molecular flexibility index (Phi) is 15.4. The van der Waals surface area contributed by atoms with E-state index < -0.39 is 5.54 Å². The van der Waals surface area contributed by atoms with Gasteiger partial charge in [0.05, 0.1) is 46.2 Å². The van der Waals surface area contributed by atoms with E-state index >= 15 is 0 Å². The fraction of sp³-hybridized carbons (Fsp3) is 0.818. The highest BCUT2D eigenvalue weighted by Gasteiger charge is 2.34. The van der Waals surface area contributed by atoms with E-state index in [0.717, 1.165) is 0 Å². The van der Waals surface area contributed by atoms with Crippen molar-refractivity contribution in [2.75, 3.05) is 85.5 Å². The minimum Gasteiger partial charge on any atom is -0.391 e. The minimum atomic E-state index is -0.523. The quantitative estimate of drug-likeness (QED) is 0.0907. The topological polar surface area (TPSA) is 147 Å². The number of hydrogen-bond donors (Lipinski definition) is 7. The molecule has 0 aliphatic rings. The summed E-state index contributed by atoms with van der Waals surface area (Å²) in [5, 5.41) is 57.3. The number of nitrogens with two attached hydrogens (primary N) is 1. The summed E-state index contributed by atoms with van der Waals surface area (Å²) in [7, 11) is 0. The number of aliphatic hydroxyl groups excluding tert-OH is 6. The van der Waals surface area contributed by atoms with Gasteiger partial charge in [-0.3, -0.25) is 0 Å². The summed E-state index contributed by atoms with van der Waals surface area (Å²) in [4.78, 5) is 0. The van der Waals surface area contributed by atoms with Crippen LogP contribution in [0.15, 0.2) is 24.3 Å². The third-order valence-corrected chi connectivity index (χ3v) is 5.85. The molecule has 31 heavy (non-hydrogen) atoms. The maximum absolute atomic E-state index is 9.67. The number of hydrogen-bond acceptors (Lipinski definition) is 7. The molecule has 0 aromatic rings. The molecule has 0 spiro atoms. The zero-order valence-electron chi connectivity index (χ0n) is 19.4. The molecule has 1 atom stereocenters. The molecule has 0 heterocycles. The molecule has 0 aromatic heterocycles. The first kappa shape index (κ1) is 30.1. The molecule has 0 bridgehead atoms. The predicted octanol–water partition coefficient (Wildman–Crippen LogP) is -1.82. The second kappa shape index (κ2) is 15.8. The molecule has 0 saturated heterocycles. The summed E-state index contributed by atoms with van der Waals surface area (Å²) in [5.41, 5.74) is 5.60. The molecule has 0 aliphatic carbocycles. The SMILES string of the molecule is CC(C)(N)C=CC(CC=CC[N+](CCO)(CCO)CCO)[N+](CCO)(CCO)CCO. The highest BCUT2D eigenvalue weighted by molar-refractivity contribution is 5.04. The van der Waals surface area contributed by atoms with Crippen LogP contribution in [0.1, 0.15) is 20.3 Å². The third-order valence-electron chi connectivity index (χ3n) is 5.85. The molecule has 0 amide bonds. The van der Waals surface area contributed by atoms with Crippen molar-refractivity contribution >= 4 is 0 Å². The molecule has 9 heteroatoms. The van der Waals surface area contributed by atoms with Gasteiger partial charge in [-0.2, -0.15) is 0 Å². The molecule has 0 rings (SSSR count). The van der Waals surface area contributed by atoms with Crippen LogP contribution < -0.4 is 5.73 Å². The Morgan fingerprint density at radius 3 is 1.48 bits per heavy atom. The van der Waals surface area contributed by atoms with Crippen molar-refractivity contribution in [2.45, 2.75) is 31.8 Å². The van der Waals surface area contributed by atoms with E-state index in [1.165, 1.54) is 0 Å². The number of aliphatic hydroxyl groups is 6. The Labute approximate surface area is 187 Å². The fourth-order valence-electron chi connectivity index (χ4n) is 4.05. The summed E-state index contributed by atoms with van der Waals surface area (Å²) in [6, 6.07) is -0.110. The van der Waals surface area contributed by atoms with Crippen LogP contribution in [0.4, 0.5) is 0 Å². The summed E-state index contributed by atoms with van der Waals surface area (Å²) in [6.07, 6.45) is 8.51. The van der Waals surface area contributed by atoms with E-state index in [-0.39, 0.29) is 45.7 Å². The number of quaternary nitrogens is 2. The second-order valence-electron chi connectivity index (χ2n) is 8.88. The van der Waals surface area contributed by atoms with Crippen LogP contribution in [0.25, 0.3) is 0 Å². The molecule has 0 fully saturated rings. The highest BCUT2D eigenvalue weighted by atomic mass is 16.3. The van der Waals surface area contributed by atoms with E-state index in [2.05, 4.69) is 0 Å². The van der Waals surface area contributed by atoms with Crippen LogP contribution in [0.3, 0.4) is 0 Å². The minimum absolute atomic E-state index is 0.0334. The van der Waals surface area contributed by atoms with Gasteiger partial charge in [0.1, 0.15) is 45.3 Å². The van der Waals surface area contributed by atoms with Gasteiger partial charge in [-0.25, -0.2) is 0 Å². The molecular formula is C22H47N3O6+2. The van der Waals surface area contributed by atoms with Gasteiger partial charge < -0.3 is 45.3 Å². The Morgan fingerprint density at radius 2 is 1.13 bits per heavy atom. The molecule has 1 unspecified atom stereocenters. The van der Waals surface area contributed by atoms with Gasteiger partial charge in [-0.05, 0) is 26.0 Å². The van der Waals surface area contributed by atoms with Crippen molar-refractivity contribution in [3.05, 3.63) is 24.3 Å². The zero-order chi connectivity index (χ0) is 23.8. The first-order valence-corrected chi connectivity index (χ1v) is 11.2. The van der Waals surface area contributed by atoms with Crippen molar-refractivity contribution in [1.29, 1.82) is 0 Å². The lowest BCUT2D eigenvalue weighted by Gasteiger charge is -2.43. The van der Waals surface area contributed by atoms with E-state index in [4.69, 9.17) is 5.73 Å². The smallest absolute Gasteiger partial charge is 0.111 e. The standard InChI is InChI=1S/C22H47N3O6/c1-22(2,23)7-6-21(25(12-18-29,13-19-30)14-20-31)5-3-4-8-24(9-15-26,10-16-27)11-17-28/h3-4,6-7,21,26-31H,5,8-20,23H2,1-2H3/q+2. The summed E-state index contributed by atoms with van der Waals surface area (Å²) in [6.45, 7) is 6.55. The lowest BCUT2D eigenvalue weighted by Crippen LogP contribution is -2.59. The first-order valence-electron chi connectivity index (χ1n) is 11.2. The number of rotatable bonds is 19. The van der Waals surface area contributed by atoms with Crippen LogP contribution in [0.5, 0.6) is 0 Å². The van der Waals surface area contributed by atoms with Gasteiger partial charge in [0, 0.05) is 12.0 Å². The summed E-state index contributed by atoms with van der Waals surface area (Å²) >= 11 is 0. The third kappa shape index (κ3) is 11.5. The monoisotopic (exact) mass is 449 g/mol. The van der Waals surface area contributed by atoms with E-state index in [9.17, 15) is 30.6 Å². The van der Waals surface area contributed by atoms with Crippen LogP contribution in [0, 0.1) is 0 Å². The first-order chi connectivity index (χ1) is 14.7.